The zero-order valence-electron chi connectivity index (χ0n) is 7.31. The van der Waals surface area contributed by atoms with Gasteiger partial charge in [0, 0.05) is 23.3 Å². The first-order valence-electron chi connectivity index (χ1n) is 4.10. The van der Waals surface area contributed by atoms with Crippen molar-refractivity contribution in [2.24, 2.45) is 0 Å². The maximum atomic E-state index is 11.6. The van der Waals surface area contributed by atoms with Gasteiger partial charge in [0.05, 0.1) is 5.69 Å². The van der Waals surface area contributed by atoms with E-state index in [4.69, 9.17) is 0 Å². The van der Waals surface area contributed by atoms with Crippen LogP contribution in [0.25, 0.3) is 0 Å². The number of nitrogens with zero attached hydrogens (tertiary/aromatic N) is 1. The first-order valence-corrected chi connectivity index (χ1v) is 5.04. The maximum absolute atomic E-state index is 11.6. The van der Waals surface area contributed by atoms with Crippen LogP contribution in [0.4, 0.5) is 5.69 Å². The van der Waals surface area contributed by atoms with Crippen LogP contribution in [-0.2, 0) is 0 Å². The van der Waals surface area contributed by atoms with E-state index < -0.39 is 0 Å². The number of aromatic nitrogens is 1. The molecule has 0 radical (unpaired) electrons. The van der Waals surface area contributed by atoms with Gasteiger partial charge >= 0.3 is 0 Å². The van der Waals surface area contributed by atoms with Crippen LogP contribution >= 0.6 is 11.3 Å². The average molecular weight is 204 g/mol. The quantitative estimate of drug-likeness (QED) is 0.816. The molecule has 0 aliphatic heterocycles. The molecule has 3 nitrogen and oxygen atoms in total. The minimum atomic E-state index is -0.106. The fraction of sp³-hybridized carbons (Fsp3) is 0. The van der Waals surface area contributed by atoms with Crippen molar-refractivity contribution in [2.75, 3.05) is 5.32 Å². The number of carbonyl (C=O) groups is 1. The van der Waals surface area contributed by atoms with Crippen LogP contribution < -0.4 is 5.32 Å². The molecule has 2 heterocycles. The number of amides is 1. The number of carbonyl (C=O) groups excluding carboxylic acids is 1. The van der Waals surface area contributed by atoms with Gasteiger partial charge in [-0.2, -0.15) is 11.3 Å². The smallest absolute Gasteiger partial charge is 0.255 e. The first-order chi connectivity index (χ1) is 6.86. The third-order valence-electron chi connectivity index (χ3n) is 1.72. The molecule has 0 aliphatic carbocycles. The van der Waals surface area contributed by atoms with Crippen molar-refractivity contribution in [1.82, 2.24) is 4.98 Å². The Morgan fingerprint density at radius 3 is 2.71 bits per heavy atom. The Morgan fingerprint density at radius 2 is 2.07 bits per heavy atom. The van der Waals surface area contributed by atoms with Gasteiger partial charge in [0.15, 0.2) is 0 Å². The number of rotatable bonds is 2. The highest BCUT2D eigenvalue weighted by molar-refractivity contribution is 7.08. The summed E-state index contributed by atoms with van der Waals surface area (Å²) in [5.74, 6) is -0.106. The van der Waals surface area contributed by atoms with Crippen molar-refractivity contribution in [2.45, 2.75) is 0 Å². The Kier molecular flexibility index (Phi) is 2.55. The normalized spacial score (nSPS) is 9.71. The molecule has 0 unspecified atom stereocenters. The molecule has 0 saturated heterocycles. The summed E-state index contributed by atoms with van der Waals surface area (Å²) in [7, 11) is 0. The Bertz CT molecular complexity index is 411. The number of thiophene rings is 1. The molecule has 0 saturated carbocycles. The zero-order chi connectivity index (χ0) is 9.80. The Balaban J connectivity index is 2.11. The fourth-order valence-corrected chi connectivity index (χ4v) is 1.63. The van der Waals surface area contributed by atoms with E-state index in [1.54, 1.807) is 35.9 Å². The van der Waals surface area contributed by atoms with Gasteiger partial charge in [-0.1, -0.05) is 0 Å². The van der Waals surface area contributed by atoms with E-state index in [0.717, 1.165) is 5.69 Å². The Labute approximate surface area is 85.4 Å². The summed E-state index contributed by atoms with van der Waals surface area (Å²) in [5, 5.41) is 6.59. The van der Waals surface area contributed by atoms with Gasteiger partial charge in [0.2, 0.25) is 0 Å². The minimum Gasteiger partial charge on any atom is -0.321 e. The topological polar surface area (TPSA) is 42.0 Å². The van der Waals surface area contributed by atoms with Crippen molar-refractivity contribution in [1.29, 1.82) is 0 Å². The van der Waals surface area contributed by atoms with Crippen LogP contribution in [0.5, 0.6) is 0 Å². The van der Waals surface area contributed by atoms with Crippen molar-refractivity contribution in [3.8, 4) is 0 Å². The van der Waals surface area contributed by atoms with Crippen molar-refractivity contribution in [3.63, 3.8) is 0 Å². The molecule has 0 bridgehead atoms. The van der Waals surface area contributed by atoms with Gasteiger partial charge in [-0.25, -0.2) is 0 Å². The van der Waals surface area contributed by atoms with Gasteiger partial charge in [-0.05, 0) is 23.6 Å². The van der Waals surface area contributed by atoms with Crippen LogP contribution in [-0.4, -0.2) is 10.9 Å². The lowest BCUT2D eigenvalue weighted by atomic mass is 10.2. The van der Waals surface area contributed by atoms with E-state index >= 15 is 0 Å². The van der Waals surface area contributed by atoms with Crippen LogP contribution in [0.2, 0.25) is 0 Å². The number of hydrogen-bond acceptors (Lipinski definition) is 3. The van der Waals surface area contributed by atoms with E-state index in [-0.39, 0.29) is 5.91 Å². The largest absolute Gasteiger partial charge is 0.321 e. The predicted octanol–water partition coefficient (Wildman–Crippen LogP) is 2.40. The van der Waals surface area contributed by atoms with Crippen molar-refractivity contribution >= 4 is 22.9 Å². The molecule has 0 atom stereocenters. The molecule has 2 rings (SSSR count). The van der Waals surface area contributed by atoms with Crippen molar-refractivity contribution in [3.05, 3.63) is 46.9 Å². The average Bonchev–Trinajstić information content (AvgIpc) is 2.72. The predicted molar refractivity (Wildman–Crippen MR) is 56.5 cm³/mol. The lowest BCUT2D eigenvalue weighted by Gasteiger charge is -2.01. The number of hydrogen-bond donors (Lipinski definition) is 1. The maximum Gasteiger partial charge on any atom is 0.255 e. The molecular weight excluding hydrogens is 196 g/mol. The van der Waals surface area contributed by atoms with E-state index in [1.807, 2.05) is 16.8 Å². The molecule has 70 valence electrons. The van der Waals surface area contributed by atoms with E-state index in [0.29, 0.717) is 5.56 Å². The fourth-order valence-electron chi connectivity index (χ4n) is 1.04. The Morgan fingerprint density at radius 1 is 1.29 bits per heavy atom. The standard InChI is InChI=1S/C10H8N2OS/c13-10(8-1-4-11-5-2-8)12-9-3-6-14-7-9/h1-7H,(H,12,13). The zero-order valence-corrected chi connectivity index (χ0v) is 8.12. The van der Waals surface area contributed by atoms with Crippen LogP contribution in [0.3, 0.4) is 0 Å². The highest BCUT2D eigenvalue weighted by Crippen LogP contribution is 2.12. The third-order valence-corrected chi connectivity index (χ3v) is 2.40. The highest BCUT2D eigenvalue weighted by Gasteiger charge is 2.04. The monoisotopic (exact) mass is 204 g/mol. The van der Waals surface area contributed by atoms with Gasteiger partial charge in [-0.3, -0.25) is 9.78 Å². The molecule has 2 aromatic rings. The lowest BCUT2D eigenvalue weighted by molar-refractivity contribution is 0.102. The van der Waals surface area contributed by atoms with Crippen LogP contribution in [0.1, 0.15) is 10.4 Å². The summed E-state index contributed by atoms with van der Waals surface area (Å²) in [5.41, 5.74) is 1.45. The second-order valence-corrected chi connectivity index (χ2v) is 3.48. The van der Waals surface area contributed by atoms with E-state index in [1.165, 1.54) is 0 Å². The lowest BCUT2D eigenvalue weighted by Crippen LogP contribution is -2.10. The third kappa shape index (κ3) is 1.97. The van der Waals surface area contributed by atoms with Gasteiger partial charge in [0.1, 0.15) is 0 Å². The molecule has 0 aromatic carbocycles. The summed E-state index contributed by atoms with van der Waals surface area (Å²) in [6, 6.07) is 5.23. The summed E-state index contributed by atoms with van der Waals surface area (Å²) in [6.07, 6.45) is 3.20. The molecule has 4 heteroatoms. The summed E-state index contributed by atoms with van der Waals surface area (Å²) in [6.45, 7) is 0. The van der Waals surface area contributed by atoms with Gasteiger partial charge in [0.25, 0.3) is 5.91 Å². The highest BCUT2D eigenvalue weighted by atomic mass is 32.1. The number of pyridine rings is 1. The number of anilines is 1. The molecule has 0 fully saturated rings. The molecule has 0 aliphatic rings. The first kappa shape index (κ1) is 8.90. The molecule has 1 N–H and O–H groups in total. The molecule has 14 heavy (non-hydrogen) atoms. The molecule has 0 spiro atoms. The summed E-state index contributed by atoms with van der Waals surface area (Å²) >= 11 is 1.55. The molecular formula is C10H8N2OS. The second-order valence-electron chi connectivity index (χ2n) is 2.70. The van der Waals surface area contributed by atoms with Crippen LogP contribution in [0.15, 0.2) is 41.4 Å². The Hall–Kier alpha value is -1.68. The SMILES string of the molecule is O=C(Nc1ccsc1)c1ccncc1. The van der Waals surface area contributed by atoms with Gasteiger partial charge in [-0.15, -0.1) is 0 Å². The summed E-state index contributed by atoms with van der Waals surface area (Å²) < 4.78 is 0. The van der Waals surface area contributed by atoms with Gasteiger partial charge < -0.3 is 5.32 Å². The van der Waals surface area contributed by atoms with Crippen molar-refractivity contribution < 1.29 is 4.79 Å². The number of nitrogens with one attached hydrogen (secondary N) is 1. The van der Waals surface area contributed by atoms with Crippen LogP contribution in [0, 0.1) is 0 Å². The minimum absolute atomic E-state index is 0.106. The van der Waals surface area contributed by atoms with E-state index in [9.17, 15) is 4.79 Å². The second kappa shape index (κ2) is 4.02. The molecule has 1 amide bonds. The summed E-state index contributed by atoms with van der Waals surface area (Å²) in [4.78, 5) is 15.4. The molecule has 2 aromatic heterocycles. The van der Waals surface area contributed by atoms with E-state index in [2.05, 4.69) is 10.3 Å².